The van der Waals surface area contributed by atoms with Crippen LogP contribution in [0.25, 0.3) is 10.9 Å². The highest BCUT2D eigenvalue weighted by atomic mass is 16.5. The van der Waals surface area contributed by atoms with Crippen LogP contribution in [0.3, 0.4) is 0 Å². The number of nitrogens with two attached hydrogens (primary N) is 2. The molecule has 140 valence electrons. The Labute approximate surface area is 158 Å². The van der Waals surface area contributed by atoms with E-state index in [1.165, 1.54) is 0 Å². The highest BCUT2D eigenvalue weighted by Gasteiger charge is 2.36. The van der Waals surface area contributed by atoms with E-state index in [4.69, 9.17) is 16.2 Å². The first kappa shape index (κ1) is 17.8. The van der Waals surface area contributed by atoms with Crippen LogP contribution in [0.2, 0.25) is 0 Å². The van der Waals surface area contributed by atoms with Crippen LogP contribution in [0.1, 0.15) is 46.9 Å². The van der Waals surface area contributed by atoms with E-state index in [1.54, 1.807) is 31.4 Å². The Hall–Kier alpha value is -2.63. The number of aromatic nitrogens is 1. The van der Waals surface area contributed by atoms with Crippen molar-refractivity contribution in [2.45, 2.75) is 31.8 Å². The SMILES string of the molecule is CCC1Cc2c([nH]c3ccc(C(=O)c4ccc(OC)cc4)cc23)C(N)(N)C1. The van der Waals surface area contributed by atoms with Crippen LogP contribution < -0.4 is 16.2 Å². The molecule has 0 aliphatic heterocycles. The van der Waals surface area contributed by atoms with Gasteiger partial charge < -0.3 is 21.2 Å². The number of carbonyl (C=O) groups is 1. The number of aromatic amines is 1. The van der Waals surface area contributed by atoms with Gasteiger partial charge in [0.1, 0.15) is 11.4 Å². The summed E-state index contributed by atoms with van der Waals surface area (Å²) in [5.74, 6) is 1.17. The summed E-state index contributed by atoms with van der Waals surface area (Å²) in [6.07, 6.45) is 2.73. The first-order valence-corrected chi connectivity index (χ1v) is 9.34. The average Bonchev–Trinajstić information content (AvgIpc) is 3.06. The van der Waals surface area contributed by atoms with Gasteiger partial charge in [0.05, 0.1) is 12.8 Å². The number of methoxy groups -OCH3 is 1. The molecular weight excluding hydrogens is 338 g/mol. The summed E-state index contributed by atoms with van der Waals surface area (Å²) >= 11 is 0. The first-order valence-electron chi connectivity index (χ1n) is 9.34. The van der Waals surface area contributed by atoms with Crippen LogP contribution in [0.4, 0.5) is 0 Å². The predicted octanol–water partition coefficient (Wildman–Crippen LogP) is 3.45. The molecule has 1 aromatic heterocycles. The average molecular weight is 363 g/mol. The molecule has 0 fully saturated rings. The number of benzene rings is 2. The number of carbonyl (C=O) groups excluding carboxylic acids is 1. The van der Waals surface area contributed by atoms with Gasteiger partial charge in [0.2, 0.25) is 0 Å². The molecule has 2 aromatic carbocycles. The normalized spacial score (nSPS) is 18.3. The zero-order valence-corrected chi connectivity index (χ0v) is 15.7. The van der Waals surface area contributed by atoms with Gasteiger partial charge in [0.25, 0.3) is 0 Å². The highest BCUT2D eigenvalue weighted by molar-refractivity contribution is 6.10. The Morgan fingerprint density at radius 2 is 1.89 bits per heavy atom. The van der Waals surface area contributed by atoms with Crippen molar-refractivity contribution in [1.29, 1.82) is 0 Å². The van der Waals surface area contributed by atoms with Crippen molar-refractivity contribution in [3.63, 3.8) is 0 Å². The van der Waals surface area contributed by atoms with Crippen LogP contribution in [0.15, 0.2) is 42.5 Å². The molecule has 5 N–H and O–H groups in total. The molecule has 5 nitrogen and oxygen atoms in total. The van der Waals surface area contributed by atoms with Gasteiger partial charge in [-0.1, -0.05) is 13.3 Å². The van der Waals surface area contributed by atoms with E-state index in [9.17, 15) is 4.79 Å². The summed E-state index contributed by atoms with van der Waals surface area (Å²) < 4.78 is 5.17. The maximum Gasteiger partial charge on any atom is 0.193 e. The first-order chi connectivity index (χ1) is 12.9. The monoisotopic (exact) mass is 363 g/mol. The molecule has 3 aromatic rings. The Bertz CT molecular complexity index is 1000. The molecule has 0 saturated heterocycles. The fourth-order valence-electron chi connectivity index (χ4n) is 4.14. The third kappa shape index (κ3) is 3.03. The van der Waals surface area contributed by atoms with Gasteiger partial charge in [-0.3, -0.25) is 4.79 Å². The van der Waals surface area contributed by atoms with Crippen molar-refractivity contribution in [3.8, 4) is 5.75 Å². The van der Waals surface area contributed by atoms with E-state index in [0.29, 0.717) is 17.0 Å². The van der Waals surface area contributed by atoms with Gasteiger partial charge in [-0.15, -0.1) is 0 Å². The molecule has 1 unspecified atom stereocenters. The van der Waals surface area contributed by atoms with Gasteiger partial charge >= 0.3 is 0 Å². The summed E-state index contributed by atoms with van der Waals surface area (Å²) in [6, 6.07) is 12.9. The summed E-state index contributed by atoms with van der Waals surface area (Å²) in [5.41, 5.74) is 16.3. The molecule has 1 aliphatic rings. The largest absolute Gasteiger partial charge is 0.497 e. The second kappa shape index (κ2) is 6.51. The van der Waals surface area contributed by atoms with E-state index in [2.05, 4.69) is 11.9 Å². The topological polar surface area (TPSA) is 94.1 Å². The molecule has 0 saturated carbocycles. The molecule has 0 radical (unpaired) electrons. The van der Waals surface area contributed by atoms with Crippen LogP contribution in [0.5, 0.6) is 5.75 Å². The van der Waals surface area contributed by atoms with Gasteiger partial charge in [0.15, 0.2) is 5.78 Å². The number of hydrogen-bond donors (Lipinski definition) is 3. The maximum atomic E-state index is 12.9. The minimum Gasteiger partial charge on any atom is -0.497 e. The summed E-state index contributed by atoms with van der Waals surface area (Å²) in [6.45, 7) is 2.17. The summed E-state index contributed by atoms with van der Waals surface area (Å²) in [4.78, 5) is 16.3. The molecule has 0 spiro atoms. The number of ether oxygens (including phenoxy) is 1. The van der Waals surface area contributed by atoms with Crippen molar-refractivity contribution in [2.75, 3.05) is 7.11 Å². The zero-order valence-electron chi connectivity index (χ0n) is 15.7. The van der Waals surface area contributed by atoms with E-state index in [1.807, 2.05) is 18.2 Å². The lowest BCUT2D eigenvalue weighted by atomic mass is 9.79. The van der Waals surface area contributed by atoms with Crippen LogP contribution in [0, 0.1) is 5.92 Å². The van der Waals surface area contributed by atoms with E-state index in [0.717, 1.165) is 47.2 Å². The maximum absolute atomic E-state index is 12.9. The molecule has 0 amide bonds. The van der Waals surface area contributed by atoms with E-state index >= 15 is 0 Å². The lowest BCUT2D eigenvalue weighted by molar-refractivity contribution is 0.103. The molecule has 5 heteroatoms. The minimum absolute atomic E-state index is 0.0101. The van der Waals surface area contributed by atoms with Crippen molar-refractivity contribution in [1.82, 2.24) is 4.98 Å². The van der Waals surface area contributed by atoms with Crippen molar-refractivity contribution in [3.05, 3.63) is 64.8 Å². The van der Waals surface area contributed by atoms with Crippen LogP contribution in [-0.2, 0) is 12.1 Å². The van der Waals surface area contributed by atoms with Gasteiger partial charge in [-0.2, -0.15) is 0 Å². The number of hydrogen-bond acceptors (Lipinski definition) is 4. The highest BCUT2D eigenvalue weighted by Crippen LogP contribution is 2.38. The molecule has 1 heterocycles. The fraction of sp³-hybridized carbons (Fsp3) is 0.318. The Kier molecular flexibility index (Phi) is 4.29. The Balaban J connectivity index is 1.77. The lowest BCUT2D eigenvalue weighted by Crippen LogP contribution is -2.50. The minimum atomic E-state index is -0.854. The molecule has 27 heavy (non-hydrogen) atoms. The molecule has 1 atom stereocenters. The Morgan fingerprint density at radius 1 is 1.19 bits per heavy atom. The third-order valence-electron chi connectivity index (χ3n) is 5.68. The summed E-state index contributed by atoms with van der Waals surface area (Å²) in [5, 5.41) is 1.04. The smallest absolute Gasteiger partial charge is 0.193 e. The quantitative estimate of drug-likeness (QED) is 0.489. The van der Waals surface area contributed by atoms with E-state index < -0.39 is 5.66 Å². The number of ketones is 1. The number of rotatable bonds is 4. The second-order valence-corrected chi connectivity index (χ2v) is 7.52. The van der Waals surface area contributed by atoms with Crippen molar-refractivity contribution < 1.29 is 9.53 Å². The predicted molar refractivity (Wildman–Crippen MR) is 107 cm³/mol. The van der Waals surface area contributed by atoms with Gasteiger partial charge in [-0.25, -0.2) is 0 Å². The fourth-order valence-corrected chi connectivity index (χ4v) is 4.14. The Morgan fingerprint density at radius 3 is 2.56 bits per heavy atom. The van der Waals surface area contributed by atoms with Crippen LogP contribution in [-0.4, -0.2) is 17.9 Å². The number of nitrogens with one attached hydrogen (secondary N) is 1. The van der Waals surface area contributed by atoms with Crippen molar-refractivity contribution >= 4 is 16.7 Å². The second-order valence-electron chi connectivity index (χ2n) is 7.52. The van der Waals surface area contributed by atoms with Crippen LogP contribution >= 0.6 is 0 Å². The molecular formula is C22H25N3O2. The molecule has 1 aliphatic carbocycles. The van der Waals surface area contributed by atoms with Crippen molar-refractivity contribution in [2.24, 2.45) is 17.4 Å². The molecule has 0 bridgehead atoms. The summed E-state index contributed by atoms with van der Waals surface area (Å²) in [7, 11) is 1.61. The number of fused-ring (bicyclic) bond motifs is 3. The zero-order chi connectivity index (χ0) is 19.2. The third-order valence-corrected chi connectivity index (χ3v) is 5.68. The van der Waals surface area contributed by atoms with E-state index in [-0.39, 0.29) is 5.78 Å². The number of H-pyrrole nitrogens is 1. The standard InChI is InChI=1S/C22H25N3O2/c1-3-13-10-18-17-11-15(20(26)14-4-7-16(27-2)8-5-14)6-9-19(17)25-21(18)22(23,24)12-13/h4-9,11,13,25H,3,10,12,23-24H2,1-2H3. The molecule has 4 rings (SSSR count). The van der Waals surface area contributed by atoms with Gasteiger partial charge in [0, 0.05) is 22.0 Å². The van der Waals surface area contributed by atoms with Gasteiger partial charge in [-0.05, 0) is 66.8 Å². The lowest BCUT2D eigenvalue weighted by Gasteiger charge is -2.34.